The number of benzene rings is 2. The van der Waals surface area contributed by atoms with E-state index in [0.717, 1.165) is 5.69 Å². The Bertz CT molecular complexity index is 1080. The zero-order valence-electron chi connectivity index (χ0n) is 17.7. The van der Waals surface area contributed by atoms with Gasteiger partial charge < -0.3 is 4.98 Å². The maximum absolute atomic E-state index is 4.91. The van der Waals surface area contributed by atoms with E-state index in [-0.39, 0.29) is 30.9 Å². The maximum Gasteiger partial charge on any atom is 0.0195 e. The second-order valence-electron chi connectivity index (χ2n) is 9.48. The number of rotatable bonds is 1. The summed E-state index contributed by atoms with van der Waals surface area (Å²) in [5, 5.41) is 0. The fourth-order valence-electron chi connectivity index (χ4n) is 5.47. The van der Waals surface area contributed by atoms with Crippen LogP contribution in [0, 0.1) is 6.07 Å². The first kappa shape index (κ1) is 20.5. The standard InChI is InChI=1S/C27H28N.Ir/c1-26(2)21-13-7-8-14-22(21)27(3,4)25-20(12-9-15-23(25)26)24-16-18-10-5-6-11-19(18)17-28-24;/h7-9,13-17H,5-6,10-11H2,1-4H3;/q-1;. The molecule has 0 saturated carbocycles. The summed E-state index contributed by atoms with van der Waals surface area (Å²) in [4.78, 5) is 4.91. The van der Waals surface area contributed by atoms with E-state index in [1.807, 2.05) is 0 Å². The monoisotopic (exact) mass is 559 g/mol. The van der Waals surface area contributed by atoms with Crippen molar-refractivity contribution >= 4 is 0 Å². The van der Waals surface area contributed by atoms with Gasteiger partial charge in [0.15, 0.2) is 0 Å². The minimum Gasteiger partial charge on any atom is -0.304 e. The fraction of sp³-hybridized carbons (Fsp3) is 0.370. The quantitative estimate of drug-likeness (QED) is 0.316. The SMILES string of the molecule is CC1(C)c2ccccc2C(C)(C)c2c(-c3cc4c(cn3)CCCC4)[c-]ccc21.[Ir]. The molecule has 3 aromatic rings. The van der Waals surface area contributed by atoms with Crippen molar-refractivity contribution < 1.29 is 20.1 Å². The van der Waals surface area contributed by atoms with Crippen molar-refractivity contribution in [2.45, 2.75) is 64.2 Å². The number of aryl methyl sites for hydroxylation is 2. The van der Waals surface area contributed by atoms with Crippen molar-refractivity contribution in [2.24, 2.45) is 0 Å². The number of pyridine rings is 1. The van der Waals surface area contributed by atoms with Gasteiger partial charge in [-0.25, -0.2) is 0 Å². The predicted molar refractivity (Wildman–Crippen MR) is 116 cm³/mol. The molecule has 0 amide bonds. The van der Waals surface area contributed by atoms with Crippen LogP contribution >= 0.6 is 0 Å². The largest absolute Gasteiger partial charge is 0.304 e. The molecule has 29 heavy (non-hydrogen) atoms. The molecule has 1 radical (unpaired) electrons. The van der Waals surface area contributed by atoms with Crippen molar-refractivity contribution in [1.29, 1.82) is 0 Å². The third-order valence-corrected chi connectivity index (χ3v) is 7.05. The van der Waals surface area contributed by atoms with Gasteiger partial charge in [0.2, 0.25) is 0 Å². The second-order valence-corrected chi connectivity index (χ2v) is 9.48. The molecule has 2 aliphatic rings. The number of hydrogen-bond acceptors (Lipinski definition) is 1. The normalized spacial score (nSPS) is 18.1. The number of fused-ring (bicyclic) bond motifs is 3. The summed E-state index contributed by atoms with van der Waals surface area (Å²) in [6.45, 7) is 9.42. The van der Waals surface area contributed by atoms with E-state index in [1.54, 1.807) is 0 Å². The van der Waals surface area contributed by atoms with Gasteiger partial charge in [-0.05, 0) is 58.9 Å². The molecule has 0 bridgehead atoms. The molecule has 0 aliphatic heterocycles. The van der Waals surface area contributed by atoms with E-state index in [0.29, 0.717) is 0 Å². The van der Waals surface area contributed by atoms with Gasteiger partial charge in [-0.2, -0.15) is 0 Å². The second kappa shape index (κ2) is 7.18. The zero-order chi connectivity index (χ0) is 19.5. The molecule has 5 rings (SSSR count). The van der Waals surface area contributed by atoms with E-state index in [1.165, 1.54) is 64.6 Å². The first-order chi connectivity index (χ1) is 13.4. The van der Waals surface area contributed by atoms with Gasteiger partial charge in [-0.1, -0.05) is 63.6 Å². The Balaban J connectivity index is 0.00000205. The molecule has 2 aromatic carbocycles. The molecular formula is C27H28IrN-. The van der Waals surface area contributed by atoms with Crippen LogP contribution in [-0.4, -0.2) is 4.98 Å². The molecule has 0 N–H and O–H groups in total. The van der Waals surface area contributed by atoms with Crippen molar-refractivity contribution in [3.63, 3.8) is 0 Å². The van der Waals surface area contributed by atoms with E-state index < -0.39 is 0 Å². The fourth-order valence-corrected chi connectivity index (χ4v) is 5.47. The molecule has 0 atom stereocenters. The van der Waals surface area contributed by atoms with Crippen LogP contribution in [0.1, 0.15) is 73.9 Å². The van der Waals surface area contributed by atoms with Crippen molar-refractivity contribution in [3.05, 3.63) is 88.1 Å². The van der Waals surface area contributed by atoms with Crippen molar-refractivity contribution in [3.8, 4) is 11.3 Å². The third kappa shape index (κ3) is 3.04. The van der Waals surface area contributed by atoms with Crippen molar-refractivity contribution in [1.82, 2.24) is 4.98 Å². The minimum absolute atomic E-state index is 0. The van der Waals surface area contributed by atoms with Gasteiger partial charge in [0.1, 0.15) is 0 Å². The van der Waals surface area contributed by atoms with Crippen LogP contribution in [0.2, 0.25) is 0 Å². The number of nitrogens with zero attached hydrogens (tertiary/aromatic N) is 1. The van der Waals surface area contributed by atoms with Crippen LogP contribution in [0.3, 0.4) is 0 Å². The topological polar surface area (TPSA) is 12.9 Å². The first-order valence-corrected chi connectivity index (χ1v) is 10.5. The molecule has 0 spiro atoms. The molecule has 0 unspecified atom stereocenters. The van der Waals surface area contributed by atoms with Gasteiger partial charge in [0, 0.05) is 26.3 Å². The molecule has 1 heterocycles. The maximum atomic E-state index is 4.91. The molecule has 2 heteroatoms. The number of hydrogen-bond donors (Lipinski definition) is 0. The molecule has 0 fully saturated rings. The molecule has 1 aromatic heterocycles. The van der Waals surface area contributed by atoms with Crippen LogP contribution < -0.4 is 0 Å². The summed E-state index contributed by atoms with van der Waals surface area (Å²) in [5.41, 5.74) is 10.7. The van der Waals surface area contributed by atoms with E-state index >= 15 is 0 Å². The van der Waals surface area contributed by atoms with Crippen molar-refractivity contribution in [2.75, 3.05) is 0 Å². The Labute approximate surface area is 188 Å². The van der Waals surface area contributed by atoms with Crippen LogP contribution in [0.4, 0.5) is 0 Å². The van der Waals surface area contributed by atoms with Gasteiger partial charge in [0.25, 0.3) is 0 Å². The van der Waals surface area contributed by atoms with Crippen LogP contribution in [0.15, 0.2) is 48.7 Å². The van der Waals surface area contributed by atoms with Gasteiger partial charge >= 0.3 is 0 Å². The molecule has 2 aliphatic carbocycles. The summed E-state index contributed by atoms with van der Waals surface area (Å²) < 4.78 is 0. The molecule has 151 valence electrons. The summed E-state index contributed by atoms with van der Waals surface area (Å²) in [7, 11) is 0. The molecule has 0 saturated heterocycles. The number of aromatic nitrogens is 1. The van der Waals surface area contributed by atoms with E-state index in [4.69, 9.17) is 4.98 Å². The zero-order valence-corrected chi connectivity index (χ0v) is 20.1. The third-order valence-electron chi connectivity index (χ3n) is 7.05. The van der Waals surface area contributed by atoms with Gasteiger partial charge in [-0.3, -0.25) is 0 Å². The van der Waals surface area contributed by atoms with Crippen LogP contribution in [0.25, 0.3) is 11.3 Å². The van der Waals surface area contributed by atoms with Gasteiger partial charge in [0.05, 0.1) is 0 Å². The van der Waals surface area contributed by atoms with Crippen LogP contribution in [-0.2, 0) is 43.8 Å². The Morgan fingerprint density at radius 3 is 2.21 bits per heavy atom. The summed E-state index contributed by atoms with van der Waals surface area (Å²) in [5.74, 6) is 0. The summed E-state index contributed by atoms with van der Waals surface area (Å²) in [6, 6.07) is 19.2. The first-order valence-electron chi connectivity index (χ1n) is 10.5. The minimum atomic E-state index is -0.0773. The average molecular weight is 559 g/mol. The smallest absolute Gasteiger partial charge is 0.0195 e. The Kier molecular flexibility index (Phi) is 5.08. The predicted octanol–water partition coefficient (Wildman–Crippen LogP) is 6.39. The Morgan fingerprint density at radius 1 is 0.828 bits per heavy atom. The summed E-state index contributed by atoms with van der Waals surface area (Å²) >= 11 is 0. The molecule has 1 nitrogen and oxygen atoms in total. The van der Waals surface area contributed by atoms with Gasteiger partial charge in [-0.15, -0.1) is 34.9 Å². The average Bonchev–Trinajstić information content (AvgIpc) is 2.72. The van der Waals surface area contributed by atoms with E-state index in [9.17, 15) is 0 Å². The van der Waals surface area contributed by atoms with Crippen LogP contribution in [0.5, 0.6) is 0 Å². The summed E-state index contributed by atoms with van der Waals surface area (Å²) in [6.07, 6.45) is 7.05. The Morgan fingerprint density at radius 2 is 1.48 bits per heavy atom. The molecular weight excluding hydrogens is 531 g/mol. The Hall–Kier alpha value is -1.76. The van der Waals surface area contributed by atoms with E-state index in [2.05, 4.69) is 82.4 Å².